The number of carbonyl (C=O) groups is 4. The van der Waals surface area contributed by atoms with Crippen LogP contribution in [-0.4, -0.2) is 91.1 Å². The molecule has 13 nitrogen and oxygen atoms in total. The van der Waals surface area contributed by atoms with Crippen molar-refractivity contribution in [2.24, 2.45) is 29.1 Å². The Morgan fingerprint density at radius 2 is 1.84 bits per heavy atom. The number of hydrogen-bond acceptors (Lipinski definition) is 11. The van der Waals surface area contributed by atoms with Gasteiger partial charge in [-0.25, -0.2) is 13.4 Å². The Bertz CT molecular complexity index is 2080. The predicted octanol–water partition coefficient (Wildman–Crippen LogP) is 5.74. The fourth-order valence-corrected chi connectivity index (χ4v) is 10.3. The first-order valence-electron chi connectivity index (χ1n) is 20.5. The normalized spacial score (nSPS) is 30.8. The molecule has 14 heteroatoms. The zero-order chi connectivity index (χ0) is 41.1. The van der Waals surface area contributed by atoms with Crippen LogP contribution in [0.5, 0.6) is 11.6 Å². The molecule has 3 fully saturated rings. The topological polar surface area (TPSA) is 162 Å². The number of carbonyl (C=O) groups excluding carboxylic acids is 4. The summed E-state index contributed by atoms with van der Waals surface area (Å²) in [4.78, 5) is 65.3. The van der Waals surface area contributed by atoms with Gasteiger partial charge in [0, 0.05) is 36.9 Å². The van der Waals surface area contributed by atoms with Crippen molar-refractivity contribution in [3.8, 4) is 11.6 Å². The van der Waals surface area contributed by atoms with Crippen LogP contribution in [0.2, 0.25) is 0 Å². The van der Waals surface area contributed by atoms with E-state index in [1.54, 1.807) is 33.9 Å². The number of ketones is 1. The van der Waals surface area contributed by atoms with Gasteiger partial charge in [0.15, 0.2) is 11.5 Å². The van der Waals surface area contributed by atoms with Crippen molar-refractivity contribution in [3.63, 3.8) is 0 Å². The largest absolute Gasteiger partial charge is 0.489 e. The maximum Gasteiger partial charge on any atom is 0.307 e. The van der Waals surface area contributed by atoms with E-state index >= 15 is 0 Å². The molecule has 3 aliphatic heterocycles. The number of ether oxygens (including phenoxy) is 3. The standard InChI is InChI=1S/C43H58N4O9S/c1-26-10-8-9-11-28-23-43(28,40(51)45-57(52,53)42(6)15-16-42)24-35(48)34-21-29(25-47(34)39(50)32(27(2)20-26)22-36(49)56-41(3,4)5)55-38-31-12-13-33-37(30(31)14-17-44-38)54-19-18-46(33)7/h9,11-14,17,26-29,32,34H,8,10,15-16,18-25H2,1-7H3,(H,45,51)/b11-9-/t26-,27+,28+,29+,32-,34-,43+/m0/s1. The van der Waals surface area contributed by atoms with Crippen molar-refractivity contribution in [3.05, 3.63) is 36.5 Å². The maximum atomic E-state index is 14.9. The second-order valence-corrected chi connectivity index (χ2v) is 20.8. The van der Waals surface area contributed by atoms with Gasteiger partial charge in [-0.2, -0.15) is 0 Å². The molecule has 0 radical (unpaired) electrons. The lowest BCUT2D eigenvalue weighted by Crippen LogP contribution is -2.48. The number of nitrogens with one attached hydrogen (secondary N) is 1. The third-order valence-electron chi connectivity index (χ3n) is 12.8. The Morgan fingerprint density at radius 3 is 2.56 bits per heavy atom. The van der Waals surface area contributed by atoms with Gasteiger partial charge >= 0.3 is 5.97 Å². The number of esters is 1. The maximum absolute atomic E-state index is 14.9. The van der Waals surface area contributed by atoms with Gasteiger partial charge in [0.2, 0.25) is 27.7 Å². The number of aromatic nitrogens is 1. The molecular weight excluding hydrogens is 749 g/mol. The summed E-state index contributed by atoms with van der Waals surface area (Å²) in [6.07, 6.45) is 8.18. The minimum Gasteiger partial charge on any atom is -0.489 e. The molecule has 1 aromatic carbocycles. The zero-order valence-corrected chi connectivity index (χ0v) is 35.2. The summed E-state index contributed by atoms with van der Waals surface area (Å²) in [5.41, 5.74) is -1.06. The Labute approximate surface area is 336 Å². The van der Waals surface area contributed by atoms with E-state index in [1.807, 2.05) is 44.3 Å². The van der Waals surface area contributed by atoms with E-state index in [4.69, 9.17) is 14.2 Å². The zero-order valence-electron chi connectivity index (χ0n) is 34.3. The number of likely N-dealkylation sites (N-methyl/N-ethyl adjacent to an activating group) is 1. The van der Waals surface area contributed by atoms with Gasteiger partial charge in [-0.1, -0.05) is 26.0 Å². The lowest BCUT2D eigenvalue weighted by molar-refractivity contribution is -0.160. The monoisotopic (exact) mass is 806 g/mol. The SMILES string of the molecule is C[C@H]1CC/C=C\[C@@H]2C[C@@]2(C(=O)NS(=O)(=O)C2(C)CC2)CC(=O)[C@@H]2C[C@@H](Oc3nccc4c5c(ccc34)N(C)CCO5)CN2C(=O)[C@@H](CC(=O)OC(C)(C)C)[C@H](C)C1. The summed E-state index contributed by atoms with van der Waals surface area (Å²) in [7, 11) is -1.94. The lowest BCUT2D eigenvalue weighted by atomic mass is 9.82. The molecule has 5 aliphatic rings. The summed E-state index contributed by atoms with van der Waals surface area (Å²) in [6, 6.07) is 4.80. The summed E-state index contributed by atoms with van der Waals surface area (Å²) in [5.74, 6) is -1.89. The quantitative estimate of drug-likeness (QED) is 0.269. The first-order chi connectivity index (χ1) is 26.8. The molecular formula is C43H58N4O9S. The first-order valence-corrected chi connectivity index (χ1v) is 22.0. The number of sulfonamides is 1. The van der Waals surface area contributed by atoms with Crippen LogP contribution in [0, 0.1) is 29.1 Å². The Morgan fingerprint density at radius 1 is 1.09 bits per heavy atom. The van der Waals surface area contributed by atoms with E-state index in [2.05, 4.69) is 21.5 Å². The summed E-state index contributed by atoms with van der Waals surface area (Å²) >= 11 is 0. The number of Topliss-reactive ketones (excluding diaryl/α,β-unsaturated/α-hetero) is 1. The number of nitrogens with zero attached hydrogens (tertiary/aromatic N) is 3. The van der Waals surface area contributed by atoms with E-state index < -0.39 is 55.7 Å². The highest BCUT2D eigenvalue weighted by Gasteiger charge is 2.62. The minimum absolute atomic E-state index is 0.0554. The van der Waals surface area contributed by atoms with Crippen LogP contribution in [-0.2, 0) is 33.9 Å². The molecule has 7 atom stereocenters. The number of amides is 2. The highest BCUT2D eigenvalue weighted by atomic mass is 32.2. The summed E-state index contributed by atoms with van der Waals surface area (Å²) < 4.78 is 46.3. The van der Waals surface area contributed by atoms with Gasteiger partial charge in [0.1, 0.15) is 18.3 Å². The van der Waals surface area contributed by atoms with Gasteiger partial charge in [-0.15, -0.1) is 0 Å². The first kappa shape index (κ1) is 41.0. The fourth-order valence-electron chi connectivity index (χ4n) is 8.95. The molecule has 310 valence electrons. The highest BCUT2D eigenvalue weighted by molar-refractivity contribution is 7.91. The molecule has 1 N–H and O–H groups in total. The summed E-state index contributed by atoms with van der Waals surface area (Å²) in [5, 5.41) is 1.56. The molecule has 1 aromatic heterocycles. The number of hydrogen-bond donors (Lipinski definition) is 1. The van der Waals surface area contributed by atoms with E-state index in [1.165, 1.54) is 4.90 Å². The predicted molar refractivity (Wildman–Crippen MR) is 215 cm³/mol. The van der Waals surface area contributed by atoms with E-state index in [-0.39, 0.29) is 55.3 Å². The van der Waals surface area contributed by atoms with Gasteiger partial charge in [0.25, 0.3) is 0 Å². The third-order valence-corrected chi connectivity index (χ3v) is 15.0. The van der Waals surface area contributed by atoms with Gasteiger partial charge < -0.3 is 24.0 Å². The number of anilines is 1. The molecule has 0 spiro atoms. The number of allylic oxidation sites excluding steroid dienone is 2. The van der Waals surface area contributed by atoms with E-state index in [9.17, 15) is 27.6 Å². The van der Waals surface area contributed by atoms with Gasteiger partial charge in [0.05, 0.1) is 47.3 Å². The lowest BCUT2D eigenvalue weighted by Gasteiger charge is -2.32. The molecule has 4 heterocycles. The molecule has 2 aromatic rings. The third kappa shape index (κ3) is 8.38. The van der Waals surface area contributed by atoms with Crippen LogP contribution in [0.3, 0.4) is 0 Å². The van der Waals surface area contributed by atoms with Crippen molar-refractivity contribution < 1.29 is 41.8 Å². The van der Waals surface area contributed by atoms with Crippen molar-refractivity contribution in [1.29, 1.82) is 0 Å². The smallest absolute Gasteiger partial charge is 0.307 e. The van der Waals surface area contributed by atoms with E-state index in [0.717, 1.165) is 41.6 Å². The van der Waals surface area contributed by atoms with Crippen LogP contribution < -0.4 is 19.1 Å². The summed E-state index contributed by atoms with van der Waals surface area (Å²) in [6.45, 7) is 12.4. The highest BCUT2D eigenvalue weighted by Crippen LogP contribution is 2.58. The van der Waals surface area contributed by atoms with Crippen LogP contribution in [0.15, 0.2) is 36.5 Å². The van der Waals surface area contributed by atoms with Crippen LogP contribution in [0.25, 0.3) is 10.8 Å². The molecule has 2 aliphatic carbocycles. The Kier molecular flexibility index (Phi) is 10.9. The molecule has 7 rings (SSSR count). The average molecular weight is 807 g/mol. The molecule has 0 unspecified atom stereocenters. The van der Waals surface area contributed by atoms with Crippen LogP contribution in [0.1, 0.15) is 99.3 Å². The second-order valence-electron chi connectivity index (χ2n) is 18.6. The number of pyridine rings is 1. The minimum atomic E-state index is -3.95. The molecule has 1 saturated heterocycles. The van der Waals surface area contributed by atoms with Crippen molar-refractivity contribution in [1.82, 2.24) is 14.6 Å². The van der Waals surface area contributed by atoms with Crippen LogP contribution in [0.4, 0.5) is 5.69 Å². The molecule has 0 bridgehead atoms. The molecule has 2 amide bonds. The van der Waals surface area contributed by atoms with Crippen molar-refractivity contribution in [2.75, 3.05) is 31.6 Å². The van der Waals surface area contributed by atoms with Crippen molar-refractivity contribution >= 4 is 50.1 Å². The van der Waals surface area contributed by atoms with Crippen LogP contribution >= 0.6 is 0 Å². The molecule has 57 heavy (non-hydrogen) atoms. The van der Waals surface area contributed by atoms with Gasteiger partial charge in [-0.05, 0) is 102 Å². The fraction of sp³-hybridized carbons (Fsp3) is 0.651. The average Bonchev–Trinajstić information content (AvgIpc) is 4.01. The number of benzene rings is 1. The Hall–Kier alpha value is -4.20. The van der Waals surface area contributed by atoms with Gasteiger partial charge in [-0.3, -0.25) is 23.9 Å². The van der Waals surface area contributed by atoms with Crippen molar-refractivity contribution in [2.45, 2.75) is 122 Å². The number of rotatable bonds is 7. The molecule has 2 saturated carbocycles. The van der Waals surface area contributed by atoms with E-state index in [0.29, 0.717) is 38.2 Å². The number of fused-ring (bicyclic) bond motifs is 5. The Balaban J connectivity index is 1.23. The second kappa shape index (κ2) is 15.2.